The Kier molecular flexibility index (Phi) is 7.86. The SMILES string of the molecule is C[C@@H]1CN(C(=O)CCN2CCc3sccc3[C@@H]2c2cccc(F)c2)CCN1C(=O)c1ccc(Cl)cc1Cl. The fourth-order valence-electron chi connectivity index (χ4n) is 5.38. The molecule has 1 saturated heterocycles. The predicted octanol–water partition coefficient (Wildman–Crippen LogP) is 5.90. The Labute approximate surface area is 230 Å². The predicted molar refractivity (Wildman–Crippen MR) is 146 cm³/mol. The Morgan fingerprint density at radius 1 is 1.08 bits per heavy atom. The van der Waals surface area contributed by atoms with E-state index in [4.69, 9.17) is 23.2 Å². The number of carbonyl (C=O) groups is 2. The normalized spacial score (nSPS) is 20.1. The summed E-state index contributed by atoms with van der Waals surface area (Å²) in [7, 11) is 0. The van der Waals surface area contributed by atoms with Gasteiger partial charge in [-0.1, -0.05) is 35.3 Å². The van der Waals surface area contributed by atoms with E-state index >= 15 is 0 Å². The average molecular weight is 561 g/mol. The van der Waals surface area contributed by atoms with E-state index in [0.717, 1.165) is 18.5 Å². The zero-order valence-corrected chi connectivity index (χ0v) is 22.8. The van der Waals surface area contributed by atoms with Gasteiger partial charge in [-0.15, -0.1) is 11.3 Å². The van der Waals surface area contributed by atoms with Crippen molar-refractivity contribution >= 4 is 46.4 Å². The fraction of sp³-hybridized carbons (Fsp3) is 0.357. The van der Waals surface area contributed by atoms with Crippen LogP contribution in [0.5, 0.6) is 0 Å². The highest BCUT2D eigenvalue weighted by Gasteiger charge is 2.33. The first-order valence-corrected chi connectivity index (χ1v) is 14.0. The van der Waals surface area contributed by atoms with Gasteiger partial charge >= 0.3 is 0 Å². The summed E-state index contributed by atoms with van der Waals surface area (Å²) < 4.78 is 14.1. The lowest BCUT2D eigenvalue weighted by Gasteiger charge is -2.41. The topological polar surface area (TPSA) is 43.9 Å². The van der Waals surface area contributed by atoms with E-state index in [0.29, 0.717) is 48.2 Å². The Hall–Kier alpha value is -2.45. The molecule has 2 aromatic carbocycles. The number of amides is 2. The number of fused-ring (bicyclic) bond motifs is 1. The molecule has 5 rings (SSSR count). The third-order valence-corrected chi connectivity index (χ3v) is 8.79. The number of hydrogen-bond donors (Lipinski definition) is 0. The van der Waals surface area contributed by atoms with Crippen LogP contribution in [0.3, 0.4) is 0 Å². The number of halogens is 3. The molecule has 1 fully saturated rings. The van der Waals surface area contributed by atoms with Gasteiger partial charge in [0.1, 0.15) is 5.82 Å². The molecule has 194 valence electrons. The third kappa shape index (κ3) is 5.55. The second-order valence-corrected chi connectivity index (χ2v) is 11.4. The summed E-state index contributed by atoms with van der Waals surface area (Å²) in [6.45, 7) is 4.74. The van der Waals surface area contributed by atoms with E-state index in [-0.39, 0.29) is 29.7 Å². The molecule has 0 unspecified atom stereocenters. The van der Waals surface area contributed by atoms with Gasteiger partial charge in [-0.3, -0.25) is 14.5 Å². The van der Waals surface area contributed by atoms with Crippen molar-refractivity contribution in [2.45, 2.75) is 31.8 Å². The van der Waals surface area contributed by atoms with Crippen LogP contribution in [-0.2, 0) is 11.2 Å². The number of rotatable bonds is 5. The second-order valence-electron chi connectivity index (χ2n) is 9.60. The van der Waals surface area contributed by atoms with Crippen LogP contribution in [0, 0.1) is 5.82 Å². The summed E-state index contributed by atoms with van der Waals surface area (Å²) in [5.41, 5.74) is 2.53. The molecule has 0 aliphatic carbocycles. The van der Waals surface area contributed by atoms with E-state index in [1.165, 1.54) is 16.5 Å². The Morgan fingerprint density at radius 2 is 1.92 bits per heavy atom. The molecule has 9 heteroatoms. The Morgan fingerprint density at radius 3 is 2.68 bits per heavy atom. The lowest BCUT2D eigenvalue weighted by Crippen LogP contribution is -2.55. The molecule has 2 aliphatic rings. The molecule has 0 N–H and O–H groups in total. The molecular weight excluding hydrogens is 532 g/mol. The number of piperazine rings is 1. The van der Waals surface area contributed by atoms with E-state index in [1.807, 2.05) is 17.9 Å². The minimum Gasteiger partial charge on any atom is -0.339 e. The van der Waals surface area contributed by atoms with Crippen molar-refractivity contribution in [2.75, 3.05) is 32.7 Å². The van der Waals surface area contributed by atoms with Gasteiger partial charge in [0.15, 0.2) is 0 Å². The van der Waals surface area contributed by atoms with Gasteiger partial charge in [-0.05, 0) is 66.2 Å². The van der Waals surface area contributed by atoms with E-state index < -0.39 is 0 Å². The summed E-state index contributed by atoms with van der Waals surface area (Å²) in [6, 6.07) is 13.5. The Bertz CT molecular complexity index is 1320. The maximum Gasteiger partial charge on any atom is 0.255 e. The summed E-state index contributed by atoms with van der Waals surface area (Å²) in [6.07, 6.45) is 1.30. The number of carbonyl (C=O) groups excluding carboxylic acids is 2. The molecule has 2 atom stereocenters. The van der Waals surface area contributed by atoms with E-state index in [1.54, 1.807) is 46.6 Å². The lowest BCUT2D eigenvalue weighted by molar-refractivity contribution is -0.134. The molecule has 3 aromatic rings. The molecule has 2 amide bonds. The van der Waals surface area contributed by atoms with Crippen LogP contribution in [0.15, 0.2) is 53.9 Å². The highest BCUT2D eigenvalue weighted by Crippen LogP contribution is 2.38. The average Bonchev–Trinajstić information content (AvgIpc) is 3.35. The molecular formula is C28H28Cl2FN3O2S. The number of benzene rings is 2. The molecule has 2 aliphatic heterocycles. The summed E-state index contributed by atoms with van der Waals surface area (Å²) in [5.74, 6) is -0.339. The van der Waals surface area contributed by atoms with Crippen molar-refractivity contribution in [3.05, 3.63) is 91.3 Å². The van der Waals surface area contributed by atoms with Crippen LogP contribution in [0.1, 0.15) is 45.7 Å². The minimum atomic E-state index is -0.253. The van der Waals surface area contributed by atoms with Crippen LogP contribution in [0.2, 0.25) is 10.0 Å². The zero-order chi connectivity index (χ0) is 26.1. The van der Waals surface area contributed by atoms with Crippen molar-refractivity contribution < 1.29 is 14.0 Å². The largest absolute Gasteiger partial charge is 0.339 e. The van der Waals surface area contributed by atoms with Gasteiger partial charge in [0.05, 0.1) is 16.6 Å². The third-order valence-electron chi connectivity index (χ3n) is 7.25. The quantitative estimate of drug-likeness (QED) is 0.390. The van der Waals surface area contributed by atoms with E-state index in [2.05, 4.69) is 16.3 Å². The first kappa shape index (κ1) is 26.2. The monoisotopic (exact) mass is 559 g/mol. The smallest absolute Gasteiger partial charge is 0.255 e. The minimum absolute atomic E-state index is 0.0592. The highest BCUT2D eigenvalue weighted by molar-refractivity contribution is 7.10. The van der Waals surface area contributed by atoms with Gasteiger partial charge in [-0.25, -0.2) is 4.39 Å². The molecule has 5 nitrogen and oxygen atoms in total. The Balaban J connectivity index is 1.22. The van der Waals surface area contributed by atoms with Gasteiger partial charge in [-0.2, -0.15) is 0 Å². The van der Waals surface area contributed by atoms with Crippen molar-refractivity contribution in [1.82, 2.24) is 14.7 Å². The number of nitrogens with zero attached hydrogens (tertiary/aromatic N) is 3. The van der Waals surface area contributed by atoms with Gasteiger partial charge in [0.2, 0.25) is 5.91 Å². The van der Waals surface area contributed by atoms with E-state index in [9.17, 15) is 14.0 Å². The van der Waals surface area contributed by atoms with Crippen molar-refractivity contribution in [1.29, 1.82) is 0 Å². The van der Waals surface area contributed by atoms with Crippen LogP contribution >= 0.6 is 34.5 Å². The first-order chi connectivity index (χ1) is 17.8. The number of hydrogen-bond acceptors (Lipinski definition) is 4. The zero-order valence-electron chi connectivity index (χ0n) is 20.5. The molecule has 1 aromatic heterocycles. The number of thiophene rings is 1. The van der Waals surface area contributed by atoms with Crippen molar-refractivity contribution in [3.63, 3.8) is 0 Å². The van der Waals surface area contributed by atoms with Crippen LogP contribution in [0.4, 0.5) is 4.39 Å². The standard InChI is InChI=1S/C28H28Cl2FN3O2S/c1-18-17-33(12-13-34(18)28(36)22-6-5-20(29)16-24(22)30)26(35)8-11-32-10-7-25-23(9-14-37-25)27(32)19-3-2-4-21(31)15-19/h2-6,9,14-16,18,27H,7-8,10-13,17H2,1H3/t18-,27+/m1/s1. The van der Waals surface area contributed by atoms with Crippen molar-refractivity contribution in [2.24, 2.45) is 0 Å². The van der Waals surface area contributed by atoms with Crippen LogP contribution < -0.4 is 0 Å². The van der Waals surface area contributed by atoms with Crippen LogP contribution in [-0.4, -0.2) is 65.3 Å². The fourth-order valence-corrected chi connectivity index (χ4v) is 6.77. The molecule has 3 heterocycles. The van der Waals surface area contributed by atoms with Crippen molar-refractivity contribution in [3.8, 4) is 0 Å². The molecule has 37 heavy (non-hydrogen) atoms. The first-order valence-electron chi connectivity index (χ1n) is 12.4. The van der Waals surface area contributed by atoms with Crippen LogP contribution in [0.25, 0.3) is 0 Å². The maximum absolute atomic E-state index is 14.1. The lowest BCUT2D eigenvalue weighted by atomic mass is 9.93. The second kappa shape index (κ2) is 11.1. The maximum atomic E-state index is 14.1. The summed E-state index contributed by atoms with van der Waals surface area (Å²) in [5, 5.41) is 2.89. The molecule has 0 bridgehead atoms. The molecule has 0 spiro atoms. The summed E-state index contributed by atoms with van der Waals surface area (Å²) in [4.78, 5) is 33.5. The summed E-state index contributed by atoms with van der Waals surface area (Å²) >= 11 is 14.0. The van der Waals surface area contributed by atoms with Gasteiger partial charge in [0, 0.05) is 55.1 Å². The van der Waals surface area contributed by atoms with Gasteiger partial charge < -0.3 is 9.80 Å². The molecule has 0 radical (unpaired) electrons. The highest BCUT2D eigenvalue weighted by atomic mass is 35.5. The molecule has 0 saturated carbocycles. The van der Waals surface area contributed by atoms with Gasteiger partial charge in [0.25, 0.3) is 5.91 Å².